The normalized spacial score (nSPS) is 11.7. The minimum Gasteiger partial charge on any atom is -0.504 e. The second-order valence-electron chi connectivity index (χ2n) is 7.41. The highest BCUT2D eigenvalue weighted by atomic mass is 17.5. The van der Waals surface area contributed by atoms with Gasteiger partial charge in [0.05, 0.1) is 11.1 Å². The zero-order chi connectivity index (χ0) is 24.7. The summed E-state index contributed by atoms with van der Waals surface area (Å²) < 4.78 is 0. The van der Waals surface area contributed by atoms with Gasteiger partial charge in [-0.15, -0.1) is 0 Å². The second-order valence-corrected chi connectivity index (χ2v) is 7.41. The van der Waals surface area contributed by atoms with E-state index in [1.54, 1.807) is 0 Å². The molecule has 0 aliphatic carbocycles. The van der Waals surface area contributed by atoms with Crippen LogP contribution in [0.25, 0.3) is 0 Å². The number of hydrogen-bond donors (Lipinski definition) is 6. The predicted molar refractivity (Wildman–Crippen MR) is 112 cm³/mol. The molecule has 0 amide bonds. The Morgan fingerprint density at radius 2 is 1.39 bits per heavy atom. The van der Waals surface area contributed by atoms with E-state index in [2.05, 4.69) is 14.8 Å². The lowest BCUT2D eigenvalue weighted by Crippen LogP contribution is -2.14. The van der Waals surface area contributed by atoms with Gasteiger partial charge in [0.1, 0.15) is 0 Å². The van der Waals surface area contributed by atoms with E-state index >= 15 is 0 Å². The quantitative estimate of drug-likeness (QED) is 0.171. The lowest BCUT2D eigenvalue weighted by atomic mass is 9.89. The first kappa shape index (κ1) is 25.4. The summed E-state index contributed by atoms with van der Waals surface area (Å²) >= 11 is 0. The van der Waals surface area contributed by atoms with Gasteiger partial charge in [0.25, 0.3) is 0 Å². The number of carbonyl (C=O) groups is 2. The third-order valence-corrected chi connectivity index (χ3v) is 5.14. The maximum atomic E-state index is 12.5. The number of benzene rings is 2. The van der Waals surface area contributed by atoms with E-state index < -0.39 is 52.0 Å². The summed E-state index contributed by atoms with van der Waals surface area (Å²) in [6, 6.07) is 2.44. The maximum absolute atomic E-state index is 12.5. The van der Waals surface area contributed by atoms with Crippen LogP contribution in [0.5, 0.6) is 34.5 Å². The van der Waals surface area contributed by atoms with Gasteiger partial charge in [-0.1, -0.05) is 39.5 Å². The Labute approximate surface area is 188 Å². The summed E-state index contributed by atoms with van der Waals surface area (Å²) in [4.78, 5) is 33.1. The van der Waals surface area contributed by atoms with Gasteiger partial charge >= 0.3 is 11.9 Å². The van der Waals surface area contributed by atoms with Crippen molar-refractivity contribution < 1.29 is 55.0 Å². The molecule has 2 aromatic rings. The highest BCUT2D eigenvalue weighted by Crippen LogP contribution is 2.41. The topological polar surface area (TPSA) is 183 Å². The second kappa shape index (κ2) is 11.1. The molecule has 0 bridgehead atoms. The highest BCUT2D eigenvalue weighted by Gasteiger charge is 2.26. The third-order valence-electron chi connectivity index (χ3n) is 5.14. The number of carbonyl (C=O) groups excluding carboxylic acids is 2. The van der Waals surface area contributed by atoms with Crippen molar-refractivity contribution in [1.82, 2.24) is 0 Å². The summed E-state index contributed by atoms with van der Waals surface area (Å²) in [5, 5.41) is 62.3. The zero-order valence-electron chi connectivity index (χ0n) is 18.1. The van der Waals surface area contributed by atoms with Crippen LogP contribution in [0.15, 0.2) is 18.2 Å². The van der Waals surface area contributed by atoms with Crippen molar-refractivity contribution in [2.75, 3.05) is 0 Å². The van der Waals surface area contributed by atoms with Gasteiger partial charge in [0.15, 0.2) is 28.7 Å². The number of phenolic OH excluding ortho intramolecular Hbond substituents is 6. The molecule has 0 aliphatic heterocycles. The van der Waals surface area contributed by atoms with Gasteiger partial charge in [-0.3, -0.25) is 9.78 Å². The molecule has 11 nitrogen and oxygen atoms in total. The van der Waals surface area contributed by atoms with Crippen molar-refractivity contribution in [3.05, 3.63) is 34.9 Å². The molecule has 180 valence electrons. The molecule has 0 heterocycles. The van der Waals surface area contributed by atoms with Crippen molar-refractivity contribution in [3.63, 3.8) is 0 Å². The van der Waals surface area contributed by atoms with Crippen LogP contribution in [0.4, 0.5) is 0 Å². The van der Waals surface area contributed by atoms with E-state index in [1.165, 1.54) is 0 Å². The average molecular weight is 466 g/mol. The van der Waals surface area contributed by atoms with Gasteiger partial charge in [0.2, 0.25) is 5.75 Å². The molecule has 2 rings (SSSR count). The first-order valence-corrected chi connectivity index (χ1v) is 10.2. The number of phenols is 6. The zero-order valence-corrected chi connectivity index (χ0v) is 18.1. The molecule has 0 spiro atoms. The van der Waals surface area contributed by atoms with Crippen LogP contribution in [0, 0.1) is 5.92 Å². The molecule has 0 aliphatic rings. The Bertz CT molecular complexity index is 993. The van der Waals surface area contributed by atoms with E-state index in [9.17, 15) is 40.2 Å². The standard InChI is InChI=1S/C22H26O11/c1-3-5-6-11(4-2)7-13-14(10-17(25)20(28)18(13)26)22(30)32-33-31-21(29)12-8-15(23)19(27)16(24)9-12/h8-11,23-28H,3-7H2,1-2H3/t11-/m0/s1. The van der Waals surface area contributed by atoms with Crippen molar-refractivity contribution in [3.8, 4) is 34.5 Å². The lowest BCUT2D eigenvalue weighted by molar-refractivity contribution is -0.446. The van der Waals surface area contributed by atoms with Gasteiger partial charge in [0, 0.05) is 10.6 Å². The van der Waals surface area contributed by atoms with Gasteiger partial charge < -0.3 is 30.6 Å². The minimum absolute atomic E-state index is 0.0292. The summed E-state index contributed by atoms with van der Waals surface area (Å²) in [7, 11) is 0. The van der Waals surface area contributed by atoms with Crippen LogP contribution in [0.1, 0.15) is 65.8 Å². The number of aromatic hydroxyl groups is 6. The lowest BCUT2D eigenvalue weighted by Gasteiger charge is -2.18. The Kier molecular flexibility index (Phi) is 8.57. The van der Waals surface area contributed by atoms with Crippen LogP contribution in [-0.4, -0.2) is 42.6 Å². The van der Waals surface area contributed by atoms with Gasteiger partial charge in [-0.05, 0) is 30.5 Å². The molecule has 0 radical (unpaired) electrons. The number of hydrogen-bond acceptors (Lipinski definition) is 11. The van der Waals surface area contributed by atoms with Crippen LogP contribution >= 0.6 is 0 Å². The first-order chi connectivity index (χ1) is 15.6. The van der Waals surface area contributed by atoms with Crippen molar-refractivity contribution >= 4 is 11.9 Å². The smallest absolute Gasteiger partial charge is 0.377 e. The summed E-state index contributed by atoms with van der Waals surface area (Å²) in [5.41, 5.74) is -0.712. The number of rotatable bonds is 10. The minimum atomic E-state index is -1.28. The largest absolute Gasteiger partial charge is 0.504 e. The molecule has 1 atom stereocenters. The van der Waals surface area contributed by atoms with Crippen LogP contribution in [0.2, 0.25) is 0 Å². The first-order valence-electron chi connectivity index (χ1n) is 10.2. The molecule has 0 saturated carbocycles. The fourth-order valence-corrected chi connectivity index (χ4v) is 3.20. The maximum Gasteiger partial charge on any atom is 0.377 e. The number of unbranched alkanes of at least 4 members (excludes halogenated alkanes) is 1. The summed E-state index contributed by atoms with van der Waals surface area (Å²) in [6.07, 6.45) is 3.62. The predicted octanol–water partition coefficient (Wildman–Crippen LogP) is 3.54. The fraction of sp³-hybridized carbons (Fsp3) is 0.364. The molecule has 0 saturated heterocycles. The molecule has 0 fully saturated rings. The van der Waals surface area contributed by atoms with Crippen LogP contribution in [-0.2, 0) is 21.2 Å². The SMILES string of the molecule is CCCC[C@H](CC)Cc1c(C(=O)OOOC(=O)c2cc(O)c(O)c(O)c2)cc(O)c(O)c1O. The fourth-order valence-electron chi connectivity index (χ4n) is 3.20. The molecular formula is C22H26O11. The van der Waals surface area contributed by atoms with E-state index in [0.29, 0.717) is 0 Å². The molecule has 0 unspecified atom stereocenters. The van der Waals surface area contributed by atoms with E-state index in [0.717, 1.165) is 43.9 Å². The van der Waals surface area contributed by atoms with Gasteiger partial charge in [-0.25, -0.2) is 9.59 Å². The Balaban J connectivity index is 2.15. The highest BCUT2D eigenvalue weighted by molar-refractivity contribution is 5.93. The van der Waals surface area contributed by atoms with Crippen LogP contribution in [0.3, 0.4) is 0 Å². The molecule has 2 aromatic carbocycles. The summed E-state index contributed by atoms with van der Waals surface area (Å²) in [5.74, 6) is -7.12. The van der Waals surface area contributed by atoms with Gasteiger partial charge in [-0.2, -0.15) is 0 Å². The molecule has 6 N–H and O–H groups in total. The molecule has 0 aromatic heterocycles. The van der Waals surface area contributed by atoms with Crippen molar-refractivity contribution in [1.29, 1.82) is 0 Å². The van der Waals surface area contributed by atoms with E-state index in [4.69, 9.17) is 0 Å². The molecular weight excluding hydrogens is 440 g/mol. The molecule has 11 heteroatoms. The van der Waals surface area contributed by atoms with E-state index in [-0.39, 0.29) is 23.5 Å². The summed E-state index contributed by atoms with van der Waals surface area (Å²) in [6.45, 7) is 3.97. The van der Waals surface area contributed by atoms with Crippen molar-refractivity contribution in [2.45, 2.75) is 46.0 Å². The van der Waals surface area contributed by atoms with Crippen molar-refractivity contribution in [2.24, 2.45) is 5.92 Å². The van der Waals surface area contributed by atoms with E-state index in [1.807, 2.05) is 13.8 Å². The Hall–Kier alpha value is -3.86. The average Bonchev–Trinajstić information content (AvgIpc) is 2.79. The Morgan fingerprint density at radius 1 is 0.818 bits per heavy atom. The molecule has 33 heavy (non-hydrogen) atoms. The monoisotopic (exact) mass is 466 g/mol. The Morgan fingerprint density at radius 3 is 1.97 bits per heavy atom. The van der Waals surface area contributed by atoms with Crippen LogP contribution < -0.4 is 0 Å². The third kappa shape index (κ3) is 6.10.